The third kappa shape index (κ3) is 5.06. The van der Waals surface area contributed by atoms with Gasteiger partial charge in [0.2, 0.25) is 0 Å². The van der Waals surface area contributed by atoms with Gasteiger partial charge in [-0.05, 0) is 16.7 Å². The lowest BCUT2D eigenvalue weighted by Crippen LogP contribution is -2.37. The highest BCUT2D eigenvalue weighted by Crippen LogP contribution is 2.44. The van der Waals surface area contributed by atoms with Gasteiger partial charge in [-0.2, -0.15) is 0 Å². The van der Waals surface area contributed by atoms with Crippen LogP contribution >= 0.6 is 0 Å². The third-order valence-electron chi connectivity index (χ3n) is 2.67. The van der Waals surface area contributed by atoms with Gasteiger partial charge in [-0.1, -0.05) is 68.2 Å². The van der Waals surface area contributed by atoms with E-state index in [2.05, 4.69) is 53.4 Å². The second-order valence-corrected chi connectivity index (χ2v) is 7.10. The van der Waals surface area contributed by atoms with Gasteiger partial charge >= 0.3 is 0 Å². The molecule has 0 saturated carbocycles. The molecular formula is C16H30. The second-order valence-electron chi connectivity index (χ2n) is 7.10. The monoisotopic (exact) mass is 224 g/mol. The van der Waals surface area contributed by atoms with E-state index in [1.165, 1.54) is 0 Å². The molecule has 94 valence electrons. The molecular weight excluding hydrogens is 192 g/mol. The summed E-state index contributed by atoms with van der Waals surface area (Å²) in [6.45, 7) is 18.4. The predicted molar refractivity (Wildman–Crippen MR) is 74.2 cm³/mol. The molecule has 0 spiro atoms. The first-order valence-corrected chi connectivity index (χ1v) is 6.12. The van der Waals surface area contributed by atoms with Crippen LogP contribution in [-0.4, -0.2) is 0 Å². The molecule has 0 saturated heterocycles. The van der Waals surface area contributed by atoms with E-state index in [4.69, 9.17) is 2.74 Å². The van der Waals surface area contributed by atoms with E-state index >= 15 is 0 Å². The summed E-state index contributed by atoms with van der Waals surface area (Å²) in [4.78, 5) is 0. The Balaban J connectivity index is 5.56. The van der Waals surface area contributed by atoms with Crippen LogP contribution in [0.25, 0.3) is 0 Å². The highest BCUT2D eigenvalue weighted by Gasteiger charge is 2.37. The van der Waals surface area contributed by atoms with E-state index in [0.29, 0.717) is 0 Å². The predicted octanol–water partition coefficient (Wildman–Crippen LogP) is 4.99. The summed E-state index contributed by atoms with van der Waals surface area (Å²) >= 11 is 0. The average molecular weight is 224 g/mol. The Hall–Kier alpha value is -0.440. The topological polar surface area (TPSA) is 0 Å². The van der Waals surface area contributed by atoms with Gasteiger partial charge in [-0.3, -0.25) is 0 Å². The van der Waals surface area contributed by atoms with E-state index in [9.17, 15) is 0 Å². The molecule has 0 N–H and O–H groups in total. The summed E-state index contributed by atoms with van der Waals surface area (Å²) in [5, 5.41) is 0. The molecule has 0 fully saturated rings. The van der Waals surface area contributed by atoms with Crippen LogP contribution in [-0.2, 0) is 0 Å². The lowest BCUT2D eigenvalue weighted by molar-refractivity contribution is 0.0714. The van der Waals surface area contributed by atoms with Crippen molar-refractivity contribution in [2.24, 2.45) is 28.5 Å². The molecule has 0 heteroatoms. The van der Waals surface area contributed by atoms with Crippen LogP contribution in [0.1, 0.15) is 65.1 Å². The minimum atomic E-state index is -0.838. The Kier molecular flexibility index (Phi) is 3.95. The minimum Gasteiger partial charge on any atom is -0.100 e. The molecule has 1 atom stereocenters. The fourth-order valence-electron chi connectivity index (χ4n) is 2.89. The molecule has 0 rings (SSSR count). The van der Waals surface area contributed by atoms with Gasteiger partial charge in [-0.25, -0.2) is 0 Å². The Bertz CT molecular complexity index is 320. The molecule has 0 amide bonds. The Morgan fingerprint density at radius 3 is 1.44 bits per heavy atom. The maximum absolute atomic E-state index is 8.62. The van der Waals surface area contributed by atoms with Crippen molar-refractivity contribution >= 4 is 0 Å². The first kappa shape index (κ1) is 12.0. The summed E-state index contributed by atoms with van der Waals surface area (Å²) in [5.74, 6) is 4.46. The van der Waals surface area contributed by atoms with Gasteiger partial charge in [0, 0.05) is 14.5 Å². The summed E-state index contributed by atoms with van der Waals surface area (Å²) in [7, 11) is 0. The van der Waals surface area contributed by atoms with Crippen molar-refractivity contribution in [2.45, 2.75) is 62.3 Å². The highest BCUT2D eigenvalue weighted by atomic mass is 14.4. The van der Waals surface area contributed by atoms with Crippen molar-refractivity contribution in [1.29, 1.82) is 0 Å². The zero-order valence-corrected chi connectivity index (χ0v) is 12.6. The molecule has 1 unspecified atom stereocenters. The molecule has 0 aromatic heterocycles. The third-order valence-corrected chi connectivity index (χ3v) is 2.67. The highest BCUT2D eigenvalue weighted by molar-refractivity contribution is 5.08. The van der Waals surface area contributed by atoms with Crippen LogP contribution < -0.4 is 0 Å². The van der Waals surface area contributed by atoms with E-state index in [1.807, 2.05) is 6.92 Å². The van der Waals surface area contributed by atoms with Crippen molar-refractivity contribution < 1.29 is 2.74 Å². The van der Waals surface area contributed by atoms with E-state index in [-0.39, 0.29) is 16.7 Å². The minimum absolute atomic E-state index is 0.00952. The van der Waals surface area contributed by atoms with Crippen LogP contribution in [0.3, 0.4) is 0 Å². The van der Waals surface area contributed by atoms with Crippen LogP contribution in [0.15, 0.2) is 0 Å². The molecule has 0 bridgehead atoms. The Morgan fingerprint density at radius 1 is 0.812 bits per heavy atom. The first-order chi connectivity index (χ1) is 7.57. The molecule has 0 aliphatic heterocycles. The summed E-state index contributed by atoms with van der Waals surface area (Å²) in [6.07, 6.45) is 0. The molecule has 0 radical (unpaired) electrons. The standard InChI is InChI=1S/C16H30/c1-12(2)10-11-13(3)14(15(4,5)6)16(7,8)9/h12-14H,1-9H3/i12D,13D. The van der Waals surface area contributed by atoms with Crippen LogP contribution in [0.2, 0.25) is 0 Å². The van der Waals surface area contributed by atoms with Crippen molar-refractivity contribution in [2.75, 3.05) is 0 Å². The average Bonchev–Trinajstić information content (AvgIpc) is 1.92. The summed E-state index contributed by atoms with van der Waals surface area (Å²) in [6, 6.07) is 0. The number of rotatable bonds is 1. The molecule has 0 heterocycles. The molecule has 0 aromatic rings. The lowest BCUT2D eigenvalue weighted by Gasteiger charge is -2.43. The zero-order valence-electron chi connectivity index (χ0n) is 14.6. The summed E-state index contributed by atoms with van der Waals surface area (Å²) in [5.41, 5.74) is 0.0190. The van der Waals surface area contributed by atoms with Gasteiger partial charge < -0.3 is 0 Å². The molecule has 0 aromatic carbocycles. The SMILES string of the molecule is [2H]C(C)(C)C#CC([2H])(C)C(C(C)(C)C)C(C)(C)C. The van der Waals surface area contributed by atoms with Gasteiger partial charge in [0.15, 0.2) is 0 Å². The van der Waals surface area contributed by atoms with E-state index in [1.54, 1.807) is 13.8 Å². The Morgan fingerprint density at radius 2 is 1.19 bits per heavy atom. The molecule has 0 aliphatic rings. The first-order valence-electron chi connectivity index (χ1n) is 7.12. The van der Waals surface area contributed by atoms with Crippen LogP contribution in [0, 0.1) is 40.4 Å². The lowest BCUT2D eigenvalue weighted by atomic mass is 9.61. The van der Waals surface area contributed by atoms with Crippen molar-refractivity contribution in [3.8, 4) is 11.8 Å². The van der Waals surface area contributed by atoms with Gasteiger partial charge in [0.1, 0.15) is 0 Å². The van der Waals surface area contributed by atoms with Gasteiger partial charge in [-0.15, -0.1) is 5.92 Å². The van der Waals surface area contributed by atoms with Crippen molar-refractivity contribution in [3.63, 3.8) is 0 Å². The van der Waals surface area contributed by atoms with Crippen molar-refractivity contribution in [3.05, 3.63) is 0 Å². The molecule has 16 heavy (non-hydrogen) atoms. The van der Waals surface area contributed by atoms with Crippen LogP contribution in [0.4, 0.5) is 0 Å². The quantitative estimate of drug-likeness (QED) is 0.550. The maximum Gasteiger partial charge on any atom is 0.0439 e. The summed E-state index contributed by atoms with van der Waals surface area (Å²) < 4.78 is 16.4. The van der Waals surface area contributed by atoms with Crippen molar-refractivity contribution in [1.82, 2.24) is 0 Å². The largest absolute Gasteiger partial charge is 0.100 e. The smallest absolute Gasteiger partial charge is 0.0439 e. The van der Waals surface area contributed by atoms with Crippen LogP contribution in [0.5, 0.6) is 0 Å². The zero-order chi connectivity index (χ0) is 15.0. The molecule has 0 aliphatic carbocycles. The van der Waals surface area contributed by atoms with Gasteiger partial charge in [0.05, 0.1) is 0 Å². The Labute approximate surface area is 106 Å². The number of hydrogen-bond acceptors (Lipinski definition) is 0. The fraction of sp³-hybridized carbons (Fsp3) is 0.875. The van der Waals surface area contributed by atoms with E-state index in [0.717, 1.165) is 0 Å². The fourth-order valence-corrected chi connectivity index (χ4v) is 2.89. The number of hydrogen-bond donors (Lipinski definition) is 0. The second kappa shape index (κ2) is 5.26. The van der Waals surface area contributed by atoms with Gasteiger partial charge in [0.25, 0.3) is 0 Å². The normalized spacial score (nSPS) is 19.4. The molecule has 0 nitrogen and oxygen atoms in total. The van der Waals surface area contributed by atoms with E-state index < -0.39 is 11.8 Å². The maximum atomic E-state index is 8.62.